The number of carbonyl (C=O) groups is 2. The quantitative estimate of drug-likeness (QED) is 0.677. The molecule has 0 aliphatic carbocycles. The Morgan fingerprint density at radius 1 is 1.10 bits per heavy atom. The van der Waals surface area contributed by atoms with E-state index in [1.54, 1.807) is 19.5 Å². The molecule has 4 rings (SSSR count). The first-order valence-electron chi connectivity index (χ1n) is 9.51. The number of benzene rings is 2. The van der Waals surface area contributed by atoms with Gasteiger partial charge >= 0.3 is 5.97 Å². The number of hydrazone groups is 1. The van der Waals surface area contributed by atoms with Gasteiger partial charge in [0.05, 0.1) is 36.3 Å². The summed E-state index contributed by atoms with van der Waals surface area (Å²) in [6.07, 6.45) is 3.39. The molecule has 1 aromatic heterocycles. The molecule has 0 spiro atoms. The Kier molecular flexibility index (Phi) is 5.38. The summed E-state index contributed by atoms with van der Waals surface area (Å²) in [5.74, 6) is -0.653. The first-order chi connectivity index (χ1) is 14.5. The van der Waals surface area contributed by atoms with Gasteiger partial charge in [-0.25, -0.2) is 5.01 Å². The Bertz CT molecular complexity index is 1140. The van der Waals surface area contributed by atoms with Crippen molar-refractivity contribution in [3.63, 3.8) is 0 Å². The number of nitrogens with zero attached hydrogens (tertiary/aromatic N) is 4. The van der Waals surface area contributed by atoms with Gasteiger partial charge in [0.15, 0.2) is 0 Å². The van der Waals surface area contributed by atoms with Crippen molar-refractivity contribution in [3.8, 4) is 5.75 Å². The predicted molar refractivity (Wildman–Crippen MR) is 110 cm³/mol. The Labute approximate surface area is 172 Å². The van der Waals surface area contributed by atoms with Crippen molar-refractivity contribution in [2.24, 2.45) is 5.10 Å². The number of aromatic nitrogens is 2. The van der Waals surface area contributed by atoms with E-state index >= 15 is 0 Å². The third-order valence-corrected chi connectivity index (χ3v) is 5.00. The summed E-state index contributed by atoms with van der Waals surface area (Å²) in [4.78, 5) is 32.4. The standard InChI is InChI=1S/C22H20N4O4/c1-30-16-4-2-3-14(11-16)18-13-20(26(25-18)21(27)7-8-22(28)29)15-5-6-17-19(12-15)24-10-9-23-17/h2-6,9-12,20H,7-8,13H2,1H3,(H,28,29). The molecule has 2 heterocycles. The van der Waals surface area contributed by atoms with E-state index in [0.717, 1.165) is 27.9 Å². The first-order valence-corrected chi connectivity index (χ1v) is 9.51. The summed E-state index contributed by atoms with van der Waals surface area (Å²) in [6.45, 7) is 0. The molecular formula is C22H20N4O4. The highest BCUT2D eigenvalue weighted by Crippen LogP contribution is 2.34. The van der Waals surface area contributed by atoms with Gasteiger partial charge in [0.2, 0.25) is 5.91 Å². The molecular weight excluding hydrogens is 384 g/mol. The van der Waals surface area contributed by atoms with Gasteiger partial charge in [0.1, 0.15) is 5.75 Å². The summed E-state index contributed by atoms with van der Waals surface area (Å²) in [6, 6.07) is 12.8. The maximum atomic E-state index is 12.8. The number of amides is 1. The van der Waals surface area contributed by atoms with Gasteiger partial charge in [-0.2, -0.15) is 5.10 Å². The van der Waals surface area contributed by atoms with Gasteiger partial charge in [0.25, 0.3) is 0 Å². The van der Waals surface area contributed by atoms with E-state index in [2.05, 4.69) is 15.1 Å². The highest BCUT2D eigenvalue weighted by Gasteiger charge is 2.33. The van der Waals surface area contributed by atoms with Crippen LogP contribution in [0.2, 0.25) is 0 Å². The number of rotatable bonds is 6. The average molecular weight is 404 g/mol. The summed E-state index contributed by atoms with van der Waals surface area (Å²) < 4.78 is 5.30. The lowest BCUT2D eigenvalue weighted by Gasteiger charge is -2.22. The third kappa shape index (κ3) is 3.98. The SMILES string of the molecule is COc1cccc(C2=NN(C(=O)CCC(=O)O)C(c3ccc4nccnc4c3)C2)c1. The molecule has 0 bridgehead atoms. The molecule has 1 amide bonds. The minimum Gasteiger partial charge on any atom is -0.497 e. The van der Waals surface area contributed by atoms with Crippen molar-refractivity contribution in [1.29, 1.82) is 0 Å². The van der Waals surface area contributed by atoms with Gasteiger partial charge in [-0.3, -0.25) is 19.6 Å². The van der Waals surface area contributed by atoms with Crippen LogP contribution >= 0.6 is 0 Å². The number of ether oxygens (including phenoxy) is 1. The number of hydrogen-bond donors (Lipinski definition) is 1. The van der Waals surface area contributed by atoms with E-state index in [1.165, 1.54) is 5.01 Å². The van der Waals surface area contributed by atoms with Crippen LogP contribution in [-0.2, 0) is 9.59 Å². The van der Waals surface area contributed by atoms with E-state index in [1.807, 2.05) is 42.5 Å². The molecule has 30 heavy (non-hydrogen) atoms. The van der Waals surface area contributed by atoms with Crippen LogP contribution in [0, 0.1) is 0 Å². The lowest BCUT2D eigenvalue weighted by atomic mass is 9.97. The minimum absolute atomic E-state index is 0.117. The lowest BCUT2D eigenvalue weighted by Crippen LogP contribution is -2.27. The normalized spacial score (nSPS) is 15.8. The highest BCUT2D eigenvalue weighted by atomic mass is 16.5. The molecule has 0 fully saturated rings. The van der Waals surface area contributed by atoms with Crippen LogP contribution < -0.4 is 4.74 Å². The molecule has 0 saturated heterocycles. The zero-order valence-electron chi connectivity index (χ0n) is 16.4. The number of fused-ring (bicyclic) bond motifs is 1. The third-order valence-electron chi connectivity index (χ3n) is 5.00. The maximum Gasteiger partial charge on any atom is 0.303 e. The summed E-state index contributed by atoms with van der Waals surface area (Å²) in [5.41, 5.74) is 3.95. The van der Waals surface area contributed by atoms with Gasteiger partial charge in [-0.15, -0.1) is 0 Å². The number of carbonyl (C=O) groups excluding carboxylic acids is 1. The summed E-state index contributed by atoms with van der Waals surface area (Å²) in [5, 5.41) is 14.9. The van der Waals surface area contributed by atoms with Crippen molar-refractivity contribution in [2.45, 2.75) is 25.3 Å². The van der Waals surface area contributed by atoms with Crippen LogP contribution in [0.25, 0.3) is 11.0 Å². The van der Waals surface area contributed by atoms with Gasteiger partial charge in [0, 0.05) is 30.8 Å². The van der Waals surface area contributed by atoms with Gasteiger partial charge < -0.3 is 9.84 Å². The number of methoxy groups -OCH3 is 1. The molecule has 8 nitrogen and oxygen atoms in total. The fourth-order valence-electron chi connectivity index (χ4n) is 3.49. The van der Waals surface area contributed by atoms with Crippen molar-refractivity contribution < 1.29 is 19.4 Å². The molecule has 1 aliphatic heterocycles. The fourth-order valence-corrected chi connectivity index (χ4v) is 3.49. The Morgan fingerprint density at radius 2 is 1.90 bits per heavy atom. The van der Waals surface area contributed by atoms with Gasteiger partial charge in [-0.05, 0) is 29.8 Å². The van der Waals surface area contributed by atoms with E-state index in [-0.39, 0.29) is 24.8 Å². The minimum atomic E-state index is -1.02. The van der Waals surface area contributed by atoms with Gasteiger partial charge in [-0.1, -0.05) is 18.2 Å². The molecule has 1 N–H and O–H groups in total. The summed E-state index contributed by atoms with van der Waals surface area (Å²) in [7, 11) is 1.59. The van der Waals surface area contributed by atoms with Crippen LogP contribution in [0.3, 0.4) is 0 Å². The number of hydrogen-bond acceptors (Lipinski definition) is 6. The van der Waals surface area contributed by atoms with Crippen LogP contribution in [0.15, 0.2) is 60.0 Å². The molecule has 152 valence electrons. The van der Waals surface area contributed by atoms with Crippen molar-refractivity contribution >= 4 is 28.6 Å². The number of aliphatic carboxylic acids is 1. The maximum absolute atomic E-state index is 12.8. The molecule has 1 unspecified atom stereocenters. The zero-order valence-corrected chi connectivity index (χ0v) is 16.4. The van der Waals surface area contributed by atoms with Crippen molar-refractivity contribution in [2.75, 3.05) is 7.11 Å². The second-order valence-corrected chi connectivity index (χ2v) is 6.94. The topological polar surface area (TPSA) is 105 Å². The number of carboxylic acids is 1. The molecule has 0 saturated carbocycles. The molecule has 2 aromatic carbocycles. The highest BCUT2D eigenvalue weighted by molar-refractivity contribution is 6.03. The smallest absolute Gasteiger partial charge is 0.303 e. The molecule has 3 aromatic rings. The summed E-state index contributed by atoms with van der Waals surface area (Å²) >= 11 is 0. The monoisotopic (exact) mass is 404 g/mol. The van der Waals surface area contributed by atoms with Crippen LogP contribution in [0.4, 0.5) is 0 Å². The zero-order chi connectivity index (χ0) is 21.1. The number of carboxylic acid groups (broad SMARTS) is 1. The van der Waals surface area contributed by atoms with E-state index < -0.39 is 5.97 Å². The second kappa shape index (κ2) is 8.28. The Balaban J connectivity index is 1.69. The van der Waals surface area contributed by atoms with E-state index in [4.69, 9.17) is 9.84 Å². The largest absolute Gasteiger partial charge is 0.497 e. The second-order valence-electron chi connectivity index (χ2n) is 6.94. The van der Waals surface area contributed by atoms with E-state index in [9.17, 15) is 9.59 Å². The first kappa shape index (κ1) is 19.5. The lowest BCUT2D eigenvalue weighted by molar-refractivity contribution is -0.141. The molecule has 0 radical (unpaired) electrons. The Hall–Kier alpha value is -3.81. The van der Waals surface area contributed by atoms with Crippen LogP contribution in [0.5, 0.6) is 5.75 Å². The van der Waals surface area contributed by atoms with Crippen molar-refractivity contribution in [1.82, 2.24) is 15.0 Å². The van der Waals surface area contributed by atoms with Crippen LogP contribution in [-0.4, -0.2) is 44.8 Å². The van der Waals surface area contributed by atoms with Crippen molar-refractivity contribution in [3.05, 3.63) is 66.0 Å². The van der Waals surface area contributed by atoms with E-state index in [0.29, 0.717) is 12.2 Å². The molecule has 1 atom stereocenters. The predicted octanol–water partition coefficient (Wildman–Crippen LogP) is 3.18. The Morgan fingerprint density at radius 3 is 2.67 bits per heavy atom. The fraction of sp³-hybridized carbons (Fsp3) is 0.227. The van der Waals surface area contributed by atoms with Crippen LogP contribution in [0.1, 0.15) is 36.4 Å². The molecule has 1 aliphatic rings. The molecule has 8 heteroatoms. The average Bonchev–Trinajstić information content (AvgIpc) is 3.23.